The van der Waals surface area contributed by atoms with Crippen LogP contribution in [0.25, 0.3) is 22.9 Å². The van der Waals surface area contributed by atoms with E-state index in [4.69, 9.17) is 11.5 Å². The van der Waals surface area contributed by atoms with Crippen LogP contribution in [0.2, 0.25) is 0 Å². The highest BCUT2D eigenvalue weighted by molar-refractivity contribution is 5.83. The molecule has 1 aliphatic heterocycles. The van der Waals surface area contributed by atoms with E-state index in [1.54, 1.807) is 30.7 Å². The normalized spacial score (nSPS) is 18.9. The van der Waals surface area contributed by atoms with E-state index in [2.05, 4.69) is 52.8 Å². The fourth-order valence-corrected chi connectivity index (χ4v) is 4.86. The van der Waals surface area contributed by atoms with E-state index in [0.717, 1.165) is 29.5 Å². The molecule has 4 heterocycles. The van der Waals surface area contributed by atoms with Crippen molar-refractivity contribution in [2.24, 2.45) is 5.73 Å². The summed E-state index contributed by atoms with van der Waals surface area (Å²) in [5.74, 6) is 0.670. The van der Waals surface area contributed by atoms with Crippen molar-refractivity contribution >= 4 is 17.6 Å². The Morgan fingerprint density at radius 3 is 2.52 bits per heavy atom. The van der Waals surface area contributed by atoms with Gasteiger partial charge in [0.15, 0.2) is 0 Å². The summed E-state index contributed by atoms with van der Waals surface area (Å²) in [6, 6.07) is 3.87. The molecule has 0 aliphatic carbocycles. The summed E-state index contributed by atoms with van der Waals surface area (Å²) in [5.41, 5.74) is 15.9. The van der Waals surface area contributed by atoms with Crippen LogP contribution in [0.5, 0.6) is 5.75 Å². The summed E-state index contributed by atoms with van der Waals surface area (Å²) in [6.45, 7) is 8.89. The molecule has 3 aromatic rings. The Hall–Kier alpha value is -3.26. The quantitative estimate of drug-likeness (QED) is 0.438. The number of aromatic nitrogens is 4. The molecule has 164 valence electrons. The zero-order valence-electron chi connectivity index (χ0n) is 18.5. The smallest absolute Gasteiger partial charge is 0.143 e. The first kappa shape index (κ1) is 21.0. The molecule has 4 rings (SSSR count). The van der Waals surface area contributed by atoms with Crippen molar-refractivity contribution in [1.82, 2.24) is 25.1 Å². The molecule has 0 unspecified atom stereocenters. The summed E-state index contributed by atoms with van der Waals surface area (Å²) < 4.78 is 2.14. The van der Waals surface area contributed by atoms with Gasteiger partial charge in [0, 0.05) is 52.4 Å². The van der Waals surface area contributed by atoms with Crippen LogP contribution in [0, 0.1) is 0 Å². The second kappa shape index (κ2) is 7.46. The van der Waals surface area contributed by atoms with Crippen molar-refractivity contribution in [3.05, 3.63) is 48.2 Å². The van der Waals surface area contributed by atoms with E-state index in [9.17, 15) is 5.11 Å². The van der Waals surface area contributed by atoms with Gasteiger partial charge in [-0.3, -0.25) is 10.1 Å². The number of nitrogens with one attached hydrogen (secondary N) is 2. The predicted molar refractivity (Wildman–Crippen MR) is 124 cm³/mol. The summed E-state index contributed by atoms with van der Waals surface area (Å²) in [4.78, 5) is 4.35. The first-order valence-corrected chi connectivity index (χ1v) is 10.5. The molecule has 8 nitrogen and oxygen atoms in total. The van der Waals surface area contributed by atoms with Crippen molar-refractivity contribution in [1.29, 1.82) is 0 Å². The van der Waals surface area contributed by atoms with Crippen LogP contribution >= 0.6 is 0 Å². The lowest BCUT2D eigenvalue weighted by atomic mass is 9.79. The third-order valence-electron chi connectivity index (χ3n) is 5.83. The highest BCUT2D eigenvalue weighted by Crippen LogP contribution is 2.38. The molecule has 0 bridgehead atoms. The number of hydrogen-bond donors (Lipinski definition) is 5. The molecular formula is C23H31N7O. The van der Waals surface area contributed by atoms with Gasteiger partial charge in [0.1, 0.15) is 17.3 Å². The van der Waals surface area contributed by atoms with Gasteiger partial charge in [-0.2, -0.15) is 5.10 Å². The molecule has 0 amide bonds. The van der Waals surface area contributed by atoms with E-state index in [1.165, 1.54) is 0 Å². The van der Waals surface area contributed by atoms with Crippen LogP contribution in [0.15, 0.2) is 36.9 Å². The number of H-pyrrole nitrogens is 1. The lowest BCUT2D eigenvalue weighted by molar-refractivity contribution is 0.134. The third-order valence-corrected chi connectivity index (χ3v) is 5.83. The lowest BCUT2D eigenvalue weighted by Gasteiger charge is -2.47. The number of piperidine rings is 1. The molecular weight excluding hydrogens is 390 g/mol. The maximum absolute atomic E-state index is 10.5. The fraction of sp³-hybridized carbons (Fsp3) is 0.391. The topological polar surface area (TPSA) is 131 Å². The number of nitrogen functional groups attached to an aromatic ring is 1. The number of nitrogens with zero attached hydrogens (tertiary/aromatic N) is 3. The Labute approximate surface area is 182 Å². The van der Waals surface area contributed by atoms with Gasteiger partial charge in [-0.15, -0.1) is 0 Å². The average molecular weight is 422 g/mol. The minimum atomic E-state index is 0.00677. The van der Waals surface area contributed by atoms with Crippen LogP contribution in [-0.2, 0) is 0 Å². The number of hydrogen-bond acceptors (Lipinski definition) is 6. The number of nitrogens with two attached hydrogens (primary N) is 2. The Bertz CT molecular complexity index is 1090. The maximum atomic E-state index is 10.5. The van der Waals surface area contributed by atoms with Gasteiger partial charge >= 0.3 is 0 Å². The largest absolute Gasteiger partial charge is 0.506 e. The zero-order chi connectivity index (χ0) is 22.4. The first-order valence-electron chi connectivity index (χ1n) is 10.5. The zero-order valence-corrected chi connectivity index (χ0v) is 18.5. The van der Waals surface area contributed by atoms with Gasteiger partial charge in [0.05, 0.1) is 11.9 Å². The van der Waals surface area contributed by atoms with Crippen molar-refractivity contribution in [2.45, 2.75) is 57.7 Å². The number of rotatable bonds is 4. The summed E-state index contributed by atoms with van der Waals surface area (Å²) in [7, 11) is 0. The molecule has 1 fully saturated rings. The first-order chi connectivity index (χ1) is 14.5. The van der Waals surface area contributed by atoms with Crippen molar-refractivity contribution in [3.63, 3.8) is 0 Å². The SMILES string of the molecule is CC1(C)CC(n2ccc(/C=C(\N)c3ncc(-c4cn[nH]c4)cc3O)c2N)CC(C)(C)N1. The Balaban J connectivity index is 1.61. The van der Waals surface area contributed by atoms with Crippen molar-refractivity contribution in [3.8, 4) is 16.9 Å². The summed E-state index contributed by atoms with van der Waals surface area (Å²) >= 11 is 0. The molecule has 0 atom stereocenters. The molecule has 7 N–H and O–H groups in total. The van der Waals surface area contributed by atoms with Gasteiger partial charge in [0.2, 0.25) is 0 Å². The van der Waals surface area contributed by atoms with Gasteiger partial charge in [-0.05, 0) is 58.7 Å². The molecule has 31 heavy (non-hydrogen) atoms. The molecule has 3 aromatic heterocycles. The van der Waals surface area contributed by atoms with Gasteiger partial charge in [-0.1, -0.05) is 0 Å². The standard InChI is InChI=1S/C23H31N7O/c1-22(2)9-17(10-23(3,4)29-22)30-6-5-14(21(30)25)7-18(24)20-19(31)8-15(11-26-20)16-12-27-28-13-16/h5-8,11-13,17,29,31H,9-10,24-25H2,1-4H3,(H,27,28)/b18-7-. The number of aromatic hydroxyl groups is 1. The molecule has 0 saturated carbocycles. The number of anilines is 1. The fourth-order valence-electron chi connectivity index (χ4n) is 4.86. The lowest BCUT2D eigenvalue weighted by Crippen LogP contribution is -2.57. The highest BCUT2D eigenvalue weighted by atomic mass is 16.3. The van der Waals surface area contributed by atoms with Crippen LogP contribution in [0.4, 0.5) is 5.82 Å². The molecule has 0 aromatic carbocycles. The van der Waals surface area contributed by atoms with Gasteiger partial charge in [-0.25, -0.2) is 0 Å². The minimum Gasteiger partial charge on any atom is -0.506 e. The summed E-state index contributed by atoms with van der Waals surface area (Å²) in [6.07, 6.45) is 10.8. The second-order valence-electron chi connectivity index (χ2n) is 9.70. The van der Waals surface area contributed by atoms with E-state index < -0.39 is 0 Å². The number of pyridine rings is 1. The van der Waals surface area contributed by atoms with E-state index in [0.29, 0.717) is 17.2 Å². The Morgan fingerprint density at radius 1 is 1.19 bits per heavy atom. The van der Waals surface area contributed by atoms with Crippen molar-refractivity contribution in [2.75, 3.05) is 5.73 Å². The second-order valence-corrected chi connectivity index (χ2v) is 9.70. The van der Waals surface area contributed by atoms with Crippen LogP contribution in [-0.4, -0.2) is 35.9 Å². The van der Waals surface area contributed by atoms with Crippen LogP contribution in [0.1, 0.15) is 57.8 Å². The van der Waals surface area contributed by atoms with E-state index in [1.807, 2.05) is 12.3 Å². The third kappa shape index (κ3) is 4.29. The Morgan fingerprint density at radius 2 is 1.90 bits per heavy atom. The monoisotopic (exact) mass is 421 g/mol. The van der Waals surface area contributed by atoms with Crippen LogP contribution < -0.4 is 16.8 Å². The Kier molecular flexibility index (Phi) is 5.05. The van der Waals surface area contributed by atoms with Crippen LogP contribution in [0.3, 0.4) is 0 Å². The maximum Gasteiger partial charge on any atom is 0.143 e. The molecule has 1 saturated heterocycles. The highest BCUT2D eigenvalue weighted by Gasteiger charge is 2.38. The molecule has 8 heteroatoms. The minimum absolute atomic E-state index is 0.00677. The van der Waals surface area contributed by atoms with Gasteiger partial charge < -0.3 is 26.5 Å². The van der Waals surface area contributed by atoms with E-state index >= 15 is 0 Å². The van der Waals surface area contributed by atoms with Gasteiger partial charge in [0.25, 0.3) is 0 Å². The number of aromatic amines is 1. The van der Waals surface area contributed by atoms with E-state index in [-0.39, 0.29) is 22.9 Å². The molecule has 1 aliphatic rings. The molecule has 0 radical (unpaired) electrons. The molecule has 0 spiro atoms. The predicted octanol–water partition coefficient (Wildman–Crippen LogP) is 3.50. The average Bonchev–Trinajstić information content (AvgIpc) is 3.30. The van der Waals surface area contributed by atoms with Crippen molar-refractivity contribution < 1.29 is 5.11 Å². The summed E-state index contributed by atoms with van der Waals surface area (Å²) in [5, 5.41) is 20.8.